The third kappa shape index (κ3) is 6.80. The molecule has 2 aromatic carbocycles. The van der Waals surface area contributed by atoms with Crippen LogP contribution in [0.4, 0.5) is 0 Å². The van der Waals surface area contributed by atoms with Crippen LogP contribution >= 0.6 is 11.8 Å². The number of fused-ring (bicyclic) bond motifs is 1. The number of nitrogens with zero attached hydrogens (tertiary/aromatic N) is 1. The molecule has 4 rings (SSSR count). The third-order valence-electron chi connectivity index (χ3n) is 7.05. The molecule has 2 heterocycles. The lowest BCUT2D eigenvalue weighted by Gasteiger charge is -2.45. The third-order valence-corrected chi connectivity index (χ3v) is 8.63. The molecule has 0 radical (unpaired) electrons. The summed E-state index contributed by atoms with van der Waals surface area (Å²) in [7, 11) is 0. The maximum Gasteiger partial charge on any atom is 0.328 e. The molecule has 0 aromatic heterocycles. The molecule has 2 aliphatic rings. The number of carbonyl (C=O) groups is 4. The maximum atomic E-state index is 13.2. The second-order valence-corrected chi connectivity index (χ2v) is 11.7. The van der Waals surface area contributed by atoms with E-state index in [1.165, 1.54) is 36.3 Å². The van der Waals surface area contributed by atoms with Gasteiger partial charge in [0.1, 0.15) is 17.2 Å². The first kappa shape index (κ1) is 30.2. The van der Waals surface area contributed by atoms with E-state index in [2.05, 4.69) is 26.1 Å². The first-order valence-corrected chi connectivity index (χ1v) is 14.1. The number of carbonyl (C=O) groups excluding carboxylic acids is 4. The van der Waals surface area contributed by atoms with Crippen molar-refractivity contribution in [2.24, 2.45) is 0 Å². The molecule has 0 saturated carbocycles. The van der Waals surface area contributed by atoms with Crippen LogP contribution in [0.5, 0.6) is 5.75 Å². The zero-order valence-electron chi connectivity index (χ0n) is 23.0. The molecule has 2 amide bonds. The largest absolute Gasteiger partial charge is 0.548 e. The van der Waals surface area contributed by atoms with Gasteiger partial charge in [-0.2, -0.15) is 0 Å². The molecule has 10 heteroatoms. The number of para-hydroxylation sites is 1. The number of ether oxygens (including phenoxy) is 1. The van der Waals surface area contributed by atoms with E-state index >= 15 is 0 Å². The average Bonchev–Trinajstić information content (AvgIpc) is 3.18. The topological polar surface area (TPSA) is 120 Å². The highest BCUT2D eigenvalue weighted by Crippen LogP contribution is 2.50. The minimum absolute atomic E-state index is 0.294. The molecule has 2 N–H and O–H groups in total. The summed E-state index contributed by atoms with van der Waals surface area (Å²) >= 11 is 1.28. The van der Waals surface area contributed by atoms with Gasteiger partial charge in [0.25, 0.3) is 0 Å². The van der Waals surface area contributed by atoms with E-state index in [-0.39, 0.29) is 0 Å². The monoisotopic (exact) mass is 555 g/mol. The fraction of sp³-hybridized carbons (Fsp3) is 0.448. The highest BCUT2D eigenvalue weighted by Gasteiger charge is 2.62. The molecular weight excluding hydrogens is 518 g/mol. The van der Waals surface area contributed by atoms with E-state index in [4.69, 9.17) is 4.74 Å². The van der Waals surface area contributed by atoms with E-state index in [1.54, 1.807) is 79.4 Å². The molecule has 9 nitrogen and oxygen atoms in total. The fourth-order valence-electron chi connectivity index (χ4n) is 4.82. The number of carboxylic acids is 1. The predicted molar refractivity (Wildman–Crippen MR) is 147 cm³/mol. The summed E-state index contributed by atoms with van der Waals surface area (Å²) in [5.41, 5.74) is 0.418. The second kappa shape index (κ2) is 13.1. The number of amides is 2. The van der Waals surface area contributed by atoms with Crippen molar-refractivity contribution in [2.75, 3.05) is 19.6 Å². The highest BCUT2D eigenvalue weighted by atomic mass is 32.2. The number of rotatable bonds is 9. The van der Waals surface area contributed by atoms with Crippen LogP contribution in [0.15, 0.2) is 60.7 Å². The Morgan fingerprint density at radius 1 is 1.00 bits per heavy atom. The number of esters is 1. The Morgan fingerprint density at radius 2 is 1.54 bits per heavy atom. The standard InChI is InChI=1S/C23H22N2O6S.C6H15N/c1-23(2)17(21(28)29)25-19(27)16(20(25)32-23)24-18(26)15(13-9-5-3-6-10-13)22(30)31-14-11-7-4-8-12-14;1-4-7(5-2)6-3/h3-12,15-17,20H,1-2H3,(H,24,26)(H,28,29);4-6H2,1-3H3/t15?,16?,17?,20-;/m1./s1. The Labute approximate surface area is 233 Å². The van der Waals surface area contributed by atoms with Crippen molar-refractivity contribution in [3.05, 3.63) is 66.2 Å². The molecule has 3 unspecified atom stereocenters. The minimum Gasteiger partial charge on any atom is -0.548 e. The van der Waals surface area contributed by atoms with E-state index in [9.17, 15) is 24.3 Å². The van der Waals surface area contributed by atoms with Gasteiger partial charge in [-0.05, 0) is 52.3 Å². The second-order valence-electron chi connectivity index (χ2n) is 9.95. The van der Waals surface area contributed by atoms with Gasteiger partial charge in [0, 0.05) is 4.75 Å². The summed E-state index contributed by atoms with van der Waals surface area (Å²) in [5.74, 6) is -4.33. The van der Waals surface area contributed by atoms with Gasteiger partial charge in [0.05, 0.1) is 31.6 Å². The molecule has 2 fully saturated rings. The van der Waals surface area contributed by atoms with Crippen LogP contribution < -0.4 is 20.1 Å². The molecule has 39 heavy (non-hydrogen) atoms. The van der Waals surface area contributed by atoms with E-state index in [0.717, 1.165) is 0 Å². The summed E-state index contributed by atoms with van der Waals surface area (Å²) in [6.45, 7) is 13.9. The number of thioether (sulfide) groups is 1. The van der Waals surface area contributed by atoms with Crippen LogP contribution in [-0.4, -0.2) is 70.5 Å². The van der Waals surface area contributed by atoms with E-state index in [1.807, 2.05) is 0 Å². The Balaban J connectivity index is 0.000000532. The molecule has 2 aliphatic heterocycles. The Morgan fingerprint density at radius 3 is 2.03 bits per heavy atom. The van der Waals surface area contributed by atoms with Gasteiger partial charge in [0.15, 0.2) is 5.92 Å². The number of β-lactam (4-membered cyclic amide) rings is 1. The zero-order chi connectivity index (χ0) is 28.7. The summed E-state index contributed by atoms with van der Waals surface area (Å²) < 4.78 is 4.62. The van der Waals surface area contributed by atoms with Crippen LogP contribution in [-0.2, 0) is 19.2 Å². The van der Waals surface area contributed by atoms with Crippen LogP contribution in [0, 0.1) is 0 Å². The molecule has 210 valence electrons. The SMILES string of the molecule is CC1(C)S[C@@H]2C(NC(=O)C(C(=O)Oc3ccccc3)c3ccccc3)C(=O)N2C1C(=O)[O-].CC[NH+](CC)CC. The number of aliphatic carboxylic acids is 1. The maximum absolute atomic E-state index is 13.2. The molecule has 0 bridgehead atoms. The number of nitrogens with one attached hydrogen (secondary N) is 2. The number of benzene rings is 2. The lowest BCUT2D eigenvalue weighted by molar-refractivity contribution is -0.894. The normalized spacial score (nSPS) is 21.6. The zero-order valence-corrected chi connectivity index (χ0v) is 23.8. The van der Waals surface area contributed by atoms with Crippen molar-refractivity contribution in [1.29, 1.82) is 0 Å². The minimum atomic E-state index is -1.34. The number of hydrogen-bond donors (Lipinski definition) is 2. The van der Waals surface area contributed by atoms with E-state index < -0.39 is 51.9 Å². The van der Waals surface area contributed by atoms with Crippen molar-refractivity contribution in [3.8, 4) is 5.75 Å². The van der Waals surface area contributed by atoms with Crippen LogP contribution in [0.2, 0.25) is 0 Å². The lowest BCUT2D eigenvalue weighted by Crippen LogP contribution is -3.11. The smallest absolute Gasteiger partial charge is 0.328 e. The van der Waals surface area contributed by atoms with Crippen LogP contribution in [0.25, 0.3) is 0 Å². The predicted octanol–water partition coefficient (Wildman–Crippen LogP) is 0.604. The van der Waals surface area contributed by atoms with Crippen molar-refractivity contribution in [2.45, 2.75) is 62.7 Å². The number of carboxylic acid groups (broad SMARTS) is 1. The summed E-state index contributed by atoms with van der Waals surface area (Å²) in [6.07, 6.45) is 0. The van der Waals surface area contributed by atoms with Crippen LogP contribution in [0.1, 0.15) is 46.1 Å². The molecule has 2 saturated heterocycles. The first-order chi connectivity index (χ1) is 18.5. The summed E-state index contributed by atoms with van der Waals surface area (Å²) in [5, 5.41) is 13.7. The molecule has 0 spiro atoms. The Kier molecular flexibility index (Phi) is 10.2. The average molecular weight is 556 g/mol. The van der Waals surface area contributed by atoms with Gasteiger partial charge in [-0.25, -0.2) is 0 Å². The van der Waals surface area contributed by atoms with Crippen LogP contribution in [0.3, 0.4) is 0 Å². The van der Waals surface area contributed by atoms with Gasteiger partial charge in [-0.15, -0.1) is 11.8 Å². The Bertz CT molecular complexity index is 1150. The number of quaternary nitrogens is 1. The highest BCUT2D eigenvalue weighted by molar-refractivity contribution is 8.01. The van der Waals surface area contributed by atoms with Gasteiger partial charge >= 0.3 is 5.97 Å². The molecule has 4 atom stereocenters. The van der Waals surface area contributed by atoms with Crippen molar-refractivity contribution < 1.29 is 33.9 Å². The van der Waals surface area contributed by atoms with Crippen molar-refractivity contribution in [3.63, 3.8) is 0 Å². The quantitative estimate of drug-likeness (QED) is 0.201. The van der Waals surface area contributed by atoms with Gasteiger partial charge in [-0.1, -0.05) is 48.5 Å². The van der Waals surface area contributed by atoms with Crippen molar-refractivity contribution in [1.82, 2.24) is 10.2 Å². The molecular formula is C29H37N3O6S. The summed E-state index contributed by atoms with van der Waals surface area (Å²) in [4.78, 5) is 53.3. The van der Waals surface area contributed by atoms with Gasteiger partial charge in [0.2, 0.25) is 11.8 Å². The first-order valence-electron chi connectivity index (χ1n) is 13.2. The molecule has 0 aliphatic carbocycles. The van der Waals surface area contributed by atoms with Gasteiger partial charge < -0.3 is 29.8 Å². The lowest BCUT2D eigenvalue weighted by atomic mass is 9.94. The fourth-order valence-corrected chi connectivity index (χ4v) is 6.44. The van der Waals surface area contributed by atoms with Gasteiger partial charge in [-0.3, -0.25) is 14.4 Å². The molecule has 2 aromatic rings. The van der Waals surface area contributed by atoms with E-state index in [0.29, 0.717) is 11.3 Å². The van der Waals surface area contributed by atoms with Crippen molar-refractivity contribution >= 4 is 35.5 Å². The summed E-state index contributed by atoms with van der Waals surface area (Å²) in [6, 6.07) is 14.8. The Hall–Kier alpha value is -3.37. The number of hydrogen-bond acceptors (Lipinski definition) is 7.